The van der Waals surface area contributed by atoms with Gasteiger partial charge < -0.3 is 20.1 Å². The van der Waals surface area contributed by atoms with E-state index in [0.29, 0.717) is 24.7 Å². The van der Waals surface area contributed by atoms with Crippen LogP contribution in [0, 0.1) is 0 Å². The van der Waals surface area contributed by atoms with Crippen LogP contribution < -0.4 is 20.1 Å². The molecule has 0 radical (unpaired) electrons. The summed E-state index contributed by atoms with van der Waals surface area (Å²) in [6.45, 7) is 2.77. The van der Waals surface area contributed by atoms with E-state index in [-0.39, 0.29) is 18.0 Å². The van der Waals surface area contributed by atoms with Gasteiger partial charge in [-0.05, 0) is 38.3 Å². The van der Waals surface area contributed by atoms with Crippen molar-refractivity contribution in [3.63, 3.8) is 0 Å². The number of hydrogen-bond acceptors (Lipinski definition) is 4. The van der Waals surface area contributed by atoms with Crippen LogP contribution in [0.15, 0.2) is 35.6 Å². The fourth-order valence-electron chi connectivity index (χ4n) is 2.78. The van der Waals surface area contributed by atoms with Crippen LogP contribution in [0.2, 0.25) is 0 Å². The molecule has 29 heavy (non-hydrogen) atoms. The summed E-state index contributed by atoms with van der Waals surface area (Å²) in [6.07, 6.45) is 5.67. The molecule has 1 aromatic carbocycles. The summed E-state index contributed by atoms with van der Waals surface area (Å²) in [6, 6.07) is 5.05. The number of para-hydroxylation sites is 1. The average Bonchev–Trinajstić information content (AvgIpc) is 3.10. The van der Waals surface area contributed by atoms with Crippen LogP contribution in [-0.2, 0) is 20.0 Å². The summed E-state index contributed by atoms with van der Waals surface area (Å²) in [5.41, 5.74) is 1.71. The molecule has 2 aromatic rings. The molecule has 7 nitrogen and oxygen atoms in total. The van der Waals surface area contributed by atoms with Crippen molar-refractivity contribution in [2.24, 2.45) is 12.0 Å². The summed E-state index contributed by atoms with van der Waals surface area (Å²) in [5, 5.41) is 10.6. The third-order valence-corrected chi connectivity index (χ3v) is 4.01. The topological polar surface area (TPSA) is 72.7 Å². The lowest BCUT2D eigenvalue weighted by Gasteiger charge is -2.15. The second-order valence-corrected chi connectivity index (χ2v) is 6.30. The molecule has 0 atom stereocenters. The van der Waals surface area contributed by atoms with Crippen LogP contribution in [0.4, 0.5) is 8.78 Å². The highest BCUT2D eigenvalue weighted by Crippen LogP contribution is 2.33. The maximum atomic E-state index is 12.8. The van der Waals surface area contributed by atoms with E-state index in [1.807, 2.05) is 26.4 Å². The molecule has 2 rings (SSSR count). The smallest absolute Gasteiger partial charge is 0.387 e. The SMILES string of the molecule is CCNC(=NCc1cccc(OCC)c1OC(F)F)NCCCc1cnn(C)c1. The molecule has 1 heterocycles. The van der Waals surface area contributed by atoms with E-state index >= 15 is 0 Å². The third-order valence-electron chi connectivity index (χ3n) is 4.01. The van der Waals surface area contributed by atoms with Gasteiger partial charge in [-0.15, -0.1) is 0 Å². The van der Waals surface area contributed by atoms with E-state index in [9.17, 15) is 8.78 Å². The Morgan fingerprint density at radius 3 is 2.76 bits per heavy atom. The third kappa shape index (κ3) is 7.59. The quantitative estimate of drug-likeness (QED) is 0.339. The molecular weight excluding hydrogens is 380 g/mol. The number of rotatable bonds is 11. The number of aromatic nitrogens is 2. The Morgan fingerprint density at radius 1 is 1.28 bits per heavy atom. The molecule has 0 bridgehead atoms. The minimum atomic E-state index is -2.93. The summed E-state index contributed by atoms with van der Waals surface area (Å²) in [5.74, 6) is 0.930. The molecule has 160 valence electrons. The standard InChI is InChI=1S/C20H29F2N5O2/c1-4-23-20(24-11-7-8-15-12-26-27(3)14-15)25-13-16-9-6-10-17(28-5-2)18(16)29-19(21)22/h6,9-10,12,14,19H,4-5,7-8,11,13H2,1-3H3,(H2,23,24,25). The van der Waals surface area contributed by atoms with Gasteiger partial charge in [0.1, 0.15) is 0 Å². The monoisotopic (exact) mass is 409 g/mol. The Balaban J connectivity index is 2.00. The molecule has 0 fully saturated rings. The second-order valence-electron chi connectivity index (χ2n) is 6.30. The number of hydrogen-bond donors (Lipinski definition) is 2. The van der Waals surface area contributed by atoms with Crippen molar-refractivity contribution in [2.45, 2.75) is 39.8 Å². The predicted octanol–water partition coefficient (Wildman–Crippen LogP) is 3.11. The number of ether oxygens (including phenoxy) is 2. The zero-order valence-electron chi connectivity index (χ0n) is 17.1. The Morgan fingerprint density at radius 2 is 2.10 bits per heavy atom. The fourth-order valence-corrected chi connectivity index (χ4v) is 2.78. The second kappa shape index (κ2) is 11.9. The normalized spacial score (nSPS) is 11.6. The number of nitrogens with one attached hydrogen (secondary N) is 2. The van der Waals surface area contributed by atoms with Gasteiger partial charge in [0.05, 0.1) is 19.3 Å². The van der Waals surface area contributed by atoms with E-state index in [1.54, 1.807) is 29.8 Å². The lowest BCUT2D eigenvalue weighted by atomic mass is 10.2. The van der Waals surface area contributed by atoms with Gasteiger partial charge in [0.15, 0.2) is 17.5 Å². The Bertz CT molecular complexity index is 780. The molecule has 0 spiro atoms. The predicted molar refractivity (Wildman–Crippen MR) is 109 cm³/mol. The number of aryl methyl sites for hydroxylation is 2. The largest absolute Gasteiger partial charge is 0.490 e. The highest BCUT2D eigenvalue weighted by Gasteiger charge is 2.15. The molecule has 0 aliphatic heterocycles. The lowest BCUT2D eigenvalue weighted by molar-refractivity contribution is -0.0520. The van der Waals surface area contributed by atoms with Crippen LogP contribution in [0.1, 0.15) is 31.4 Å². The zero-order chi connectivity index (χ0) is 21.1. The maximum absolute atomic E-state index is 12.8. The zero-order valence-corrected chi connectivity index (χ0v) is 17.1. The molecule has 9 heteroatoms. The lowest BCUT2D eigenvalue weighted by Crippen LogP contribution is -2.37. The van der Waals surface area contributed by atoms with Crippen molar-refractivity contribution in [3.8, 4) is 11.5 Å². The number of benzene rings is 1. The van der Waals surface area contributed by atoms with E-state index in [0.717, 1.165) is 19.4 Å². The molecule has 0 unspecified atom stereocenters. The van der Waals surface area contributed by atoms with Crippen LogP contribution in [0.5, 0.6) is 11.5 Å². The summed E-state index contributed by atoms with van der Waals surface area (Å²) in [4.78, 5) is 4.50. The van der Waals surface area contributed by atoms with Crippen molar-refractivity contribution in [2.75, 3.05) is 19.7 Å². The Kier molecular flexibility index (Phi) is 9.20. The number of aliphatic imine (C=N–C) groups is 1. The van der Waals surface area contributed by atoms with Gasteiger partial charge >= 0.3 is 6.61 Å². The minimum absolute atomic E-state index is 0.0283. The van der Waals surface area contributed by atoms with Gasteiger partial charge in [0, 0.05) is 31.9 Å². The number of guanidine groups is 1. The van der Waals surface area contributed by atoms with E-state index in [4.69, 9.17) is 9.47 Å². The molecule has 1 aromatic heterocycles. The van der Waals surface area contributed by atoms with Crippen molar-refractivity contribution in [1.82, 2.24) is 20.4 Å². The first kappa shape index (κ1) is 22.4. The Hall–Kier alpha value is -2.84. The molecule has 0 saturated heterocycles. The highest BCUT2D eigenvalue weighted by atomic mass is 19.3. The Labute approximate surface area is 170 Å². The van der Waals surface area contributed by atoms with Gasteiger partial charge in [-0.25, -0.2) is 4.99 Å². The van der Waals surface area contributed by atoms with Crippen LogP contribution in [-0.4, -0.2) is 42.0 Å². The number of halogens is 2. The summed E-state index contributed by atoms with van der Waals surface area (Å²) < 4.78 is 37.6. The van der Waals surface area contributed by atoms with Crippen LogP contribution in [0.25, 0.3) is 0 Å². The summed E-state index contributed by atoms with van der Waals surface area (Å²) >= 11 is 0. The van der Waals surface area contributed by atoms with Crippen molar-refractivity contribution < 1.29 is 18.3 Å². The molecule has 0 aliphatic carbocycles. The fraction of sp³-hybridized carbons (Fsp3) is 0.500. The van der Waals surface area contributed by atoms with Crippen molar-refractivity contribution >= 4 is 5.96 Å². The van der Waals surface area contributed by atoms with Gasteiger partial charge in [0.2, 0.25) is 0 Å². The first-order valence-electron chi connectivity index (χ1n) is 9.72. The molecule has 0 saturated carbocycles. The van der Waals surface area contributed by atoms with Gasteiger partial charge in [-0.1, -0.05) is 12.1 Å². The molecule has 0 aliphatic rings. The van der Waals surface area contributed by atoms with Crippen LogP contribution >= 0.6 is 0 Å². The van der Waals surface area contributed by atoms with Gasteiger partial charge in [0.25, 0.3) is 0 Å². The first-order chi connectivity index (χ1) is 14.0. The molecule has 2 N–H and O–H groups in total. The van der Waals surface area contributed by atoms with Gasteiger partial charge in [-0.2, -0.15) is 13.9 Å². The highest BCUT2D eigenvalue weighted by molar-refractivity contribution is 5.79. The molecular formula is C20H29F2N5O2. The van der Waals surface area contributed by atoms with Gasteiger partial charge in [-0.3, -0.25) is 4.68 Å². The van der Waals surface area contributed by atoms with Crippen LogP contribution in [0.3, 0.4) is 0 Å². The van der Waals surface area contributed by atoms with E-state index in [2.05, 4.69) is 20.7 Å². The number of nitrogens with zero attached hydrogens (tertiary/aromatic N) is 3. The number of alkyl halides is 2. The van der Waals surface area contributed by atoms with Crippen molar-refractivity contribution in [1.29, 1.82) is 0 Å². The summed E-state index contributed by atoms with van der Waals surface area (Å²) in [7, 11) is 1.89. The maximum Gasteiger partial charge on any atom is 0.387 e. The minimum Gasteiger partial charge on any atom is -0.490 e. The van der Waals surface area contributed by atoms with Crippen molar-refractivity contribution in [3.05, 3.63) is 41.7 Å². The molecule has 0 amide bonds. The van der Waals surface area contributed by atoms with E-state index in [1.165, 1.54) is 5.56 Å². The first-order valence-corrected chi connectivity index (χ1v) is 9.72. The average molecular weight is 409 g/mol. The van der Waals surface area contributed by atoms with E-state index < -0.39 is 6.61 Å².